The highest BCUT2D eigenvalue weighted by molar-refractivity contribution is 6.18. The molecule has 7 heteroatoms. The number of anilines is 1. The first-order valence-corrected chi connectivity index (χ1v) is 6.22. The summed E-state index contributed by atoms with van der Waals surface area (Å²) in [5.74, 6) is -0.157. The zero-order chi connectivity index (χ0) is 12.3. The third-order valence-corrected chi connectivity index (χ3v) is 3.19. The Balaban J connectivity index is 0.00000162. The lowest BCUT2D eigenvalue weighted by Gasteiger charge is -2.35. The highest BCUT2D eigenvalue weighted by Crippen LogP contribution is 2.21. The highest BCUT2D eigenvalue weighted by atomic mass is 35.5. The van der Waals surface area contributed by atoms with Crippen LogP contribution >= 0.6 is 36.4 Å². The molecule has 2 rings (SSSR count). The fourth-order valence-corrected chi connectivity index (χ4v) is 2.30. The van der Waals surface area contributed by atoms with E-state index in [9.17, 15) is 8.78 Å². The van der Waals surface area contributed by atoms with Gasteiger partial charge in [-0.2, -0.15) is 0 Å². The molecule has 0 aromatic heterocycles. The monoisotopic (exact) mass is 332 g/mol. The summed E-state index contributed by atoms with van der Waals surface area (Å²) in [5.41, 5.74) is 0.357. The van der Waals surface area contributed by atoms with E-state index in [2.05, 4.69) is 4.90 Å². The average molecular weight is 334 g/mol. The van der Waals surface area contributed by atoms with E-state index in [-0.39, 0.29) is 30.6 Å². The van der Waals surface area contributed by atoms with Crippen molar-refractivity contribution in [1.29, 1.82) is 0 Å². The van der Waals surface area contributed by atoms with Crippen LogP contribution in [0.15, 0.2) is 18.2 Å². The predicted octanol–water partition coefficient (Wildman–Crippen LogP) is 3.17. The quantitative estimate of drug-likeness (QED) is 0.784. The molecule has 0 radical (unpaired) electrons. The minimum Gasteiger partial charge on any atom is -0.367 e. The molecule has 19 heavy (non-hydrogen) atoms. The number of rotatable bonds is 3. The third kappa shape index (κ3) is 4.95. The summed E-state index contributed by atoms with van der Waals surface area (Å²) in [6.45, 7) is 3.93. The van der Waals surface area contributed by atoms with E-state index in [1.807, 2.05) is 4.90 Å². The molecule has 0 N–H and O–H groups in total. The Morgan fingerprint density at radius 2 is 1.68 bits per heavy atom. The Morgan fingerprint density at radius 3 is 2.26 bits per heavy atom. The lowest BCUT2D eigenvalue weighted by Crippen LogP contribution is -2.47. The zero-order valence-corrected chi connectivity index (χ0v) is 12.7. The minimum atomic E-state index is -0.399. The van der Waals surface area contributed by atoms with Gasteiger partial charge in [-0.1, -0.05) is 0 Å². The van der Waals surface area contributed by atoms with Gasteiger partial charge in [-0.15, -0.1) is 36.4 Å². The van der Waals surface area contributed by atoms with Crippen molar-refractivity contribution >= 4 is 42.1 Å². The van der Waals surface area contributed by atoms with E-state index in [0.717, 1.165) is 25.7 Å². The van der Waals surface area contributed by atoms with Crippen molar-refractivity contribution < 1.29 is 8.78 Å². The van der Waals surface area contributed by atoms with Crippen molar-refractivity contribution in [2.75, 3.05) is 43.5 Å². The average Bonchev–Trinajstić information content (AvgIpc) is 2.34. The van der Waals surface area contributed by atoms with Gasteiger partial charge in [0, 0.05) is 44.7 Å². The van der Waals surface area contributed by atoms with E-state index in [1.54, 1.807) is 0 Å². The van der Waals surface area contributed by atoms with Gasteiger partial charge in [0.2, 0.25) is 0 Å². The van der Waals surface area contributed by atoms with Gasteiger partial charge in [0.25, 0.3) is 0 Å². The Morgan fingerprint density at radius 1 is 1.05 bits per heavy atom. The fourth-order valence-electron chi connectivity index (χ4n) is 2.06. The van der Waals surface area contributed by atoms with E-state index < -0.39 is 5.82 Å². The molecule has 0 atom stereocenters. The predicted molar refractivity (Wildman–Crippen MR) is 80.2 cm³/mol. The van der Waals surface area contributed by atoms with Crippen LogP contribution in [0.1, 0.15) is 0 Å². The number of alkyl halides is 1. The number of benzene rings is 1. The van der Waals surface area contributed by atoms with E-state index >= 15 is 0 Å². The molecule has 110 valence electrons. The maximum absolute atomic E-state index is 13.6. The zero-order valence-electron chi connectivity index (χ0n) is 10.3. The Labute approximate surface area is 129 Å². The Hall–Kier alpha value is -0.290. The summed E-state index contributed by atoms with van der Waals surface area (Å²) in [4.78, 5) is 4.10. The molecule has 0 aliphatic carbocycles. The van der Waals surface area contributed by atoms with Gasteiger partial charge in [-0.25, -0.2) is 8.78 Å². The summed E-state index contributed by atoms with van der Waals surface area (Å²) in [7, 11) is 0. The summed E-state index contributed by atoms with van der Waals surface area (Å²) < 4.78 is 26.6. The van der Waals surface area contributed by atoms with Gasteiger partial charge in [0.15, 0.2) is 0 Å². The van der Waals surface area contributed by atoms with Gasteiger partial charge >= 0.3 is 0 Å². The molecule has 0 spiro atoms. The Kier molecular flexibility index (Phi) is 8.66. The molecular formula is C12H17Cl3F2N2. The molecular weight excluding hydrogens is 317 g/mol. The van der Waals surface area contributed by atoms with Crippen molar-refractivity contribution in [3.05, 3.63) is 29.8 Å². The van der Waals surface area contributed by atoms with Crippen LogP contribution < -0.4 is 4.90 Å². The van der Waals surface area contributed by atoms with Crippen LogP contribution in [0.3, 0.4) is 0 Å². The first kappa shape index (κ1) is 18.7. The topological polar surface area (TPSA) is 6.48 Å². The second kappa shape index (κ2) is 8.80. The molecule has 1 heterocycles. The van der Waals surface area contributed by atoms with Gasteiger partial charge in [0.1, 0.15) is 11.6 Å². The van der Waals surface area contributed by atoms with Gasteiger partial charge in [0.05, 0.1) is 5.69 Å². The van der Waals surface area contributed by atoms with E-state index in [1.165, 1.54) is 12.1 Å². The third-order valence-electron chi connectivity index (χ3n) is 3.02. The normalized spacial score (nSPS) is 15.6. The lowest BCUT2D eigenvalue weighted by atomic mass is 10.2. The molecule has 1 saturated heterocycles. The van der Waals surface area contributed by atoms with Crippen LogP contribution in [0.2, 0.25) is 0 Å². The molecule has 1 aliphatic rings. The summed E-state index contributed by atoms with van der Waals surface area (Å²) in [5, 5.41) is 0. The fraction of sp³-hybridized carbons (Fsp3) is 0.500. The van der Waals surface area contributed by atoms with Gasteiger partial charge < -0.3 is 4.90 Å². The molecule has 1 fully saturated rings. The van der Waals surface area contributed by atoms with Crippen molar-refractivity contribution in [1.82, 2.24) is 4.90 Å². The number of hydrogen-bond donors (Lipinski definition) is 0. The molecule has 0 amide bonds. The Bertz CT molecular complexity index is 385. The molecule has 0 saturated carbocycles. The molecule has 1 aliphatic heterocycles. The van der Waals surface area contributed by atoms with Crippen molar-refractivity contribution in [3.8, 4) is 0 Å². The van der Waals surface area contributed by atoms with E-state index in [0.29, 0.717) is 24.7 Å². The highest BCUT2D eigenvalue weighted by Gasteiger charge is 2.19. The molecule has 1 aromatic rings. The van der Waals surface area contributed by atoms with Crippen molar-refractivity contribution in [2.24, 2.45) is 0 Å². The maximum Gasteiger partial charge on any atom is 0.146 e. The number of halogens is 5. The van der Waals surface area contributed by atoms with Crippen LogP contribution in [-0.4, -0.2) is 43.5 Å². The molecule has 1 aromatic carbocycles. The second-order valence-corrected chi connectivity index (χ2v) is 4.49. The largest absolute Gasteiger partial charge is 0.367 e. The molecule has 0 bridgehead atoms. The maximum atomic E-state index is 13.6. The van der Waals surface area contributed by atoms with Gasteiger partial charge in [-0.05, 0) is 12.1 Å². The number of nitrogens with zero attached hydrogens (tertiary/aromatic N) is 2. The lowest BCUT2D eigenvalue weighted by molar-refractivity contribution is 0.272. The van der Waals surface area contributed by atoms with Crippen LogP contribution in [0, 0.1) is 11.6 Å². The van der Waals surface area contributed by atoms with Gasteiger partial charge in [-0.3, -0.25) is 4.90 Å². The van der Waals surface area contributed by atoms with Crippen LogP contribution in [0.5, 0.6) is 0 Å². The first-order valence-electron chi connectivity index (χ1n) is 5.69. The SMILES string of the molecule is Cl.Cl.Fc1ccc(F)c(N2CCN(CCCl)CC2)c1. The van der Waals surface area contributed by atoms with Crippen LogP contribution in [-0.2, 0) is 0 Å². The van der Waals surface area contributed by atoms with E-state index in [4.69, 9.17) is 11.6 Å². The van der Waals surface area contributed by atoms with Crippen LogP contribution in [0.25, 0.3) is 0 Å². The number of piperazine rings is 1. The van der Waals surface area contributed by atoms with Crippen molar-refractivity contribution in [3.63, 3.8) is 0 Å². The second-order valence-electron chi connectivity index (χ2n) is 4.11. The van der Waals surface area contributed by atoms with Crippen molar-refractivity contribution in [2.45, 2.75) is 0 Å². The summed E-state index contributed by atoms with van der Waals surface area (Å²) in [6, 6.07) is 3.57. The standard InChI is InChI=1S/C12H15ClF2N2.2ClH/c13-3-4-16-5-7-17(8-6-16)12-9-10(14)1-2-11(12)15;;/h1-2,9H,3-8H2;2*1H. The van der Waals surface area contributed by atoms with Crippen LogP contribution in [0.4, 0.5) is 14.5 Å². The molecule has 0 unspecified atom stereocenters. The summed E-state index contributed by atoms with van der Waals surface area (Å²) >= 11 is 5.67. The summed E-state index contributed by atoms with van der Waals surface area (Å²) in [6.07, 6.45) is 0. The molecule has 2 nitrogen and oxygen atoms in total. The number of hydrogen-bond acceptors (Lipinski definition) is 2. The minimum absolute atomic E-state index is 0. The first-order chi connectivity index (χ1) is 8.20. The smallest absolute Gasteiger partial charge is 0.146 e.